The Kier molecular flexibility index (Phi) is 2.98. The highest BCUT2D eigenvalue weighted by Crippen LogP contribution is 2.44. The van der Waals surface area contributed by atoms with Crippen LogP contribution in [0.3, 0.4) is 0 Å². The third-order valence-corrected chi connectivity index (χ3v) is 4.73. The first-order chi connectivity index (χ1) is 7.93. The maximum atomic E-state index is 4.15. The summed E-state index contributed by atoms with van der Waals surface area (Å²) in [5, 5.41) is 0. The van der Waals surface area contributed by atoms with Crippen molar-refractivity contribution in [1.29, 1.82) is 0 Å². The third kappa shape index (κ3) is 2.02. The van der Waals surface area contributed by atoms with Crippen LogP contribution in [0.15, 0.2) is 18.7 Å². The molecule has 2 nitrogen and oxygen atoms in total. The van der Waals surface area contributed by atoms with Gasteiger partial charge in [0.05, 0.1) is 6.33 Å². The van der Waals surface area contributed by atoms with Crippen LogP contribution in [0.5, 0.6) is 0 Å². The number of nitrogens with zero attached hydrogens (tertiary/aromatic N) is 2. The zero-order valence-corrected chi connectivity index (χ0v) is 10.0. The Morgan fingerprint density at radius 3 is 2.81 bits per heavy atom. The average molecular weight is 218 g/mol. The van der Waals surface area contributed by atoms with Crippen LogP contribution in [0, 0.1) is 17.8 Å². The standard InChI is InChI=1S/C14H22N2/c1-2-7-14-12(4-1)5-3-6-13(14)10-16-9-8-15-11-16/h8-9,11-14H,1-7,10H2. The van der Waals surface area contributed by atoms with Gasteiger partial charge in [0.1, 0.15) is 0 Å². The molecule has 1 aromatic rings. The minimum Gasteiger partial charge on any atom is -0.337 e. The summed E-state index contributed by atoms with van der Waals surface area (Å²) in [6, 6.07) is 0. The molecule has 2 fully saturated rings. The lowest BCUT2D eigenvalue weighted by Gasteiger charge is -2.41. The van der Waals surface area contributed by atoms with Gasteiger partial charge in [-0.3, -0.25) is 0 Å². The molecule has 3 unspecified atom stereocenters. The predicted octanol–water partition coefficient (Wildman–Crippen LogP) is 3.49. The van der Waals surface area contributed by atoms with E-state index in [2.05, 4.69) is 15.7 Å². The molecule has 1 aromatic heterocycles. The molecule has 0 bridgehead atoms. The van der Waals surface area contributed by atoms with Crippen molar-refractivity contribution in [2.45, 2.75) is 51.5 Å². The largest absolute Gasteiger partial charge is 0.337 e. The second-order valence-electron chi connectivity index (χ2n) is 5.66. The lowest BCUT2D eigenvalue weighted by molar-refractivity contribution is 0.0923. The first-order valence-corrected chi connectivity index (χ1v) is 6.89. The van der Waals surface area contributed by atoms with Crippen molar-refractivity contribution in [3.63, 3.8) is 0 Å². The van der Waals surface area contributed by atoms with Crippen molar-refractivity contribution in [2.24, 2.45) is 17.8 Å². The Morgan fingerprint density at radius 2 is 1.94 bits per heavy atom. The molecule has 3 rings (SSSR count). The summed E-state index contributed by atoms with van der Waals surface area (Å²) in [5.74, 6) is 2.99. The zero-order chi connectivity index (χ0) is 10.8. The number of imidazole rings is 1. The van der Waals surface area contributed by atoms with Crippen LogP contribution in [0.1, 0.15) is 44.9 Å². The lowest BCUT2D eigenvalue weighted by Crippen LogP contribution is -2.33. The van der Waals surface area contributed by atoms with Crippen LogP contribution in [-0.4, -0.2) is 9.55 Å². The van der Waals surface area contributed by atoms with Gasteiger partial charge in [-0.25, -0.2) is 4.98 Å². The molecule has 0 N–H and O–H groups in total. The summed E-state index contributed by atoms with van der Waals surface area (Å²) in [5.41, 5.74) is 0. The maximum Gasteiger partial charge on any atom is 0.0945 e. The summed E-state index contributed by atoms with van der Waals surface area (Å²) in [4.78, 5) is 4.15. The van der Waals surface area contributed by atoms with E-state index in [1.54, 1.807) is 0 Å². The predicted molar refractivity (Wildman–Crippen MR) is 65.0 cm³/mol. The molecule has 2 aliphatic rings. The van der Waals surface area contributed by atoms with Gasteiger partial charge in [0.15, 0.2) is 0 Å². The van der Waals surface area contributed by atoms with E-state index in [1.807, 2.05) is 12.5 Å². The molecule has 0 radical (unpaired) electrons. The minimum atomic E-state index is 0.924. The fourth-order valence-corrected chi connectivity index (χ4v) is 3.96. The molecule has 0 aliphatic heterocycles. The monoisotopic (exact) mass is 218 g/mol. The molecule has 0 amide bonds. The van der Waals surface area contributed by atoms with Crippen molar-refractivity contribution in [2.75, 3.05) is 0 Å². The van der Waals surface area contributed by atoms with Crippen molar-refractivity contribution in [1.82, 2.24) is 9.55 Å². The molecule has 2 aliphatic carbocycles. The Labute approximate surface area is 98.1 Å². The van der Waals surface area contributed by atoms with Crippen LogP contribution in [0.2, 0.25) is 0 Å². The van der Waals surface area contributed by atoms with E-state index in [0.717, 1.165) is 17.8 Å². The molecular formula is C14H22N2. The molecule has 0 spiro atoms. The smallest absolute Gasteiger partial charge is 0.0945 e. The highest BCUT2D eigenvalue weighted by atomic mass is 15.0. The number of hydrogen-bond acceptors (Lipinski definition) is 1. The zero-order valence-electron chi connectivity index (χ0n) is 10.0. The van der Waals surface area contributed by atoms with E-state index in [1.165, 1.54) is 51.5 Å². The molecular weight excluding hydrogens is 196 g/mol. The summed E-state index contributed by atoms with van der Waals surface area (Å²) in [6.45, 7) is 1.21. The van der Waals surface area contributed by atoms with Gasteiger partial charge in [0, 0.05) is 18.9 Å². The van der Waals surface area contributed by atoms with E-state index >= 15 is 0 Å². The molecule has 2 heteroatoms. The van der Waals surface area contributed by atoms with Crippen LogP contribution in [-0.2, 0) is 6.54 Å². The SMILES string of the molecule is c1cn(CC2CCCC3CCCCC32)cn1. The van der Waals surface area contributed by atoms with Crippen LogP contribution < -0.4 is 0 Å². The second-order valence-corrected chi connectivity index (χ2v) is 5.66. The van der Waals surface area contributed by atoms with Crippen LogP contribution in [0.25, 0.3) is 0 Å². The van der Waals surface area contributed by atoms with Gasteiger partial charge in [-0.1, -0.05) is 32.1 Å². The molecule has 0 saturated heterocycles. The van der Waals surface area contributed by atoms with E-state index in [9.17, 15) is 0 Å². The number of hydrogen-bond donors (Lipinski definition) is 0. The first kappa shape index (κ1) is 10.4. The Bertz CT molecular complexity index is 315. The molecule has 16 heavy (non-hydrogen) atoms. The normalized spacial score (nSPS) is 34.6. The van der Waals surface area contributed by atoms with Crippen LogP contribution in [0.4, 0.5) is 0 Å². The molecule has 2 saturated carbocycles. The van der Waals surface area contributed by atoms with Gasteiger partial charge in [-0.05, 0) is 30.6 Å². The Hall–Kier alpha value is -0.790. The summed E-state index contributed by atoms with van der Waals surface area (Å²) >= 11 is 0. The average Bonchev–Trinajstić information content (AvgIpc) is 2.82. The van der Waals surface area contributed by atoms with E-state index in [-0.39, 0.29) is 0 Å². The topological polar surface area (TPSA) is 17.8 Å². The van der Waals surface area contributed by atoms with Crippen molar-refractivity contribution in [3.05, 3.63) is 18.7 Å². The maximum absolute atomic E-state index is 4.15. The highest BCUT2D eigenvalue weighted by Gasteiger charge is 2.34. The van der Waals surface area contributed by atoms with Gasteiger partial charge in [-0.2, -0.15) is 0 Å². The van der Waals surface area contributed by atoms with E-state index < -0.39 is 0 Å². The Morgan fingerprint density at radius 1 is 1.06 bits per heavy atom. The van der Waals surface area contributed by atoms with Crippen molar-refractivity contribution < 1.29 is 0 Å². The molecule has 1 heterocycles. The van der Waals surface area contributed by atoms with E-state index in [0.29, 0.717) is 0 Å². The van der Waals surface area contributed by atoms with Crippen molar-refractivity contribution >= 4 is 0 Å². The summed E-state index contributed by atoms with van der Waals surface area (Å²) in [7, 11) is 0. The first-order valence-electron chi connectivity index (χ1n) is 6.89. The van der Waals surface area contributed by atoms with Gasteiger partial charge in [0.25, 0.3) is 0 Å². The number of aromatic nitrogens is 2. The van der Waals surface area contributed by atoms with Gasteiger partial charge in [0.2, 0.25) is 0 Å². The Balaban J connectivity index is 1.68. The second kappa shape index (κ2) is 4.60. The van der Waals surface area contributed by atoms with Gasteiger partial charge >= 0.3 is 0 Å². The van der Waals surface area contributed by atoms with Crippen LogP contribution >= 0.6 is 0 Å². The molecule has 3 atom stereocenters. The molecule has 0 aromatic carbocycles. The summed E-state index contributed by atoms with van der Waals surface area (Å²) in [6.07, 6.45) is 16.4. The number of fused-ring (bicyclic) bond motifs is 1. The third-order valence-electron chi connectivity index (χ3n) is 4.73. The van der Waals surface area contributed by atoms with Gasteiger partial charge in [-0.15, -0.1) is 0 Å². The molecule has 88 valence electrons. The van der Waals surface area contributed by atoms with E-state index in [4.69, 9.17) is 0 Å². The fraction of sp³-hybridized carbons (Fsp3) is 0.786. The number of rotatable bonds is 2. The highest BCUT2D eigenvalue weighted by molar-refractivity contribution is 4.86. The minimum absolute atomic E-state index is 0.924. The van der Waals surface area contributed by atoms with Crippen molar-refractivity contribution in [3.8, 4) is 0 Å². The summed E-state index contributed by atoms with van der Waals surface area (Å²) < 4.78 is 2.28. The quantitative estimate of drug-likeness (QED) is 0.743. The van der Waals surface area contributed by atoms with Gasteiger partial charge < -0.3 is 4.57 Å². The lowest BCUT2D eigenvalue weighted by atomic mass is 9.65. The fourth-order valence-electron chi connectivity index (χ4n) is 3.96.